The van der Waals surface area contributed by atoms with E-state index in [0.29, 0.717) is 0 Å². The van der Waals surface area contributed by atoms with Crippen LogP contribution in [-0.2, 0) is 6.42 Å². The molecule has 3 rings (SSSR count). The summed E-state index contributed by atoms with van der Waals surface area (Å²) in [5.41, 5.74) is 4.98. The van der Waals surface area contributed by atoms with Crippen LogP contribution in [0.4, 0.5) is 0 Å². The lowest BCUT2D eigenvalue weighted by molar-refractivity contribution is 0.409. The highest BCUT2D eigenvalue weighted by Gasteiger charge is 2.04. The van der Waals surface area contributed by atoms with E-state index in [1.165, 1.54) is 22.3 Å². The molecule has 0 spiro atoms. The number of ether oxygens (including phenoxy) is 1. The minimum Gasteiger partial charge on any atom is -0.496 e. The predicted molar refractivity (Wildman–Crippen MR) is 110 cm³/mol. The van der Waals surface area contributed by atoms with Gasteiger partial charge in [0.25, 0.3) is 0 Å². The summed E-state index contributed by atoms with van der Waals surface area (Å²) in [4.78, 5) is 0. The van der Waals surface area contributed by atoms with Gasteiger partial charge in [-0.1, -0.05) is 84.9 Å². The maximum Gasteiger partial charge on any atom is 0.122 e. The number of para-hydroxylation sites is 1. The second-order valence-electron chi connectivity index (χ2n) is 6.12. The largest absolute Gasteiger partial charge is 0.496 e. The Balaban J connectivity index is 1.64. The van der Waals surface area contributed by atoms with Gasteiger partial charge in [-0.05, 0) is 41.3 Å². The first-order valence-electron chi connectivity index (χ1n) is 9.02. The van der Waals surface area contributed by atoms with Gasteiger partial charge in [-0.2, -0.15) is 0 Å². The molecule has 0 unspecified atom stereocenters. The van der Waals surface area contributed by atoms with Crippen molar-refractivity contribution in [2.75, 3.05) is 20.2 Å². The Kier molecular flexibility index (Phi) is 6.63. The zero-order chi connectivity index (χ0) is 18.0. The zero-order valence-corrected chi connectivity index (χ0v) is 15.2. The second-order valence-corrected chi connectivity index (χ2v) is 6.12. The van der Waals surface area contributed by atoms with Crippen LogP contribution >= 0.6 is 0 Å². The highest BCUT2D eigenvalue weighted by atomic mass is 16.5. The van der Waals surface area contributed by atoms with Crippen LogP contribution in [-0.4, -0.2) is 20.2 Å². The van der Waals surface area contributed by atoms with Crippen LogP contribution in [0.1, 0.15) is 16.7 Å². The fourth-order valence-corrected chi connectivity index (χ4v) is 3.05. The van der Waals surface area contributed by atoms with Gasteiger partial charge >= 0.3 is 0 Å². The molecule has 0 aliphatic carbocycles. The molecule has 26 heavy (non-hydrogen) atoms. The molecule has 0 heterocycles. The molecule has 0 saturated carbocycles. The lowest BCUT2D eigenvalue weighted by Gasteiger charge is -2.10. The molecule has 132 valence electrons. The molecule has 1 N–H and O–H groups in total. The zero-order valence-electron chi connectivity index (χ0n) is 15.2. The summed E-state index contributed by atoms with van der Waals surface area (Å²) in [6.45, 7) is 1.74. The SMILES string of the molecule is COc1ccccc1CCNCC=C(c1ccccc1)c1ccccc1. The van der Waals surface area contributed by atoms with Crippen LogP contribution in [0.3, 0.4) is 0 Å². The second kappa shape index (κ2) is 9.59. The summed E-state index contributed by atoms with van der Waals surface area (Å²) >= 11 is 0. The third-order valence-electron chi connectivity index (χ3n) is 4.38. The van der Waals surface area contributed by atoms with Crippen LogP contribution in [0.25, 0.3) is 5.57 Å². The smallest absolute Gasteiger partial charge is 0.122 e. The fourth-order valence-electron chi connectivity index (χ4n) is 3.05. The quantitative estimate of drug-likeness (QED) is 0.584. The number of methoxy groups -OCH3 is 1. The van der Waals surface area contributed by atoms with E-state index in [1.807, 2.05) is 12.1 Å². The Bertz CT molecular complexity index is 784. The molecular weight excluding hydrogens is 318 g/mol. The minimum atomic E-state index is 0.828. The van der Waals surface area contributed by atoms with Crippen molar-refractivity contribution in [2.45, 2.75) is 6.42 Å². The molecule has 3 aromatic rings. The van der Waals surface area contributed by atoms with E-state index >= 15 is 0 Å². The molecule has 0 saturated heterocycles. The summed E-state index contributed by atoms with van der Waals surface area (Å²) in [5.74, 6) is 0.958. The number of benzene rings is 3. The van der Waals surface area contributed by atoms with E-state index in [4.69, 9.17) is 4.74 Å². The Morgan fingerprint density at radius 3 is 2.00 bits per heavy atom. The molecule has 0 bridgehead atoms. The van der Waals surface area contributed by atoms with Gasteiger partial charge in [-0.25, -0.2) is 0 Å². The lowest BCUT2D eigenvalue weighted by Crippen LogP contribution is -2.17. The minimum absolute atomic E-state index is 0.828. The summed E-state index contributed by atoms with van der Waals surface area (Å²) in [6, 6.07) is 29.3. The van der Waals surface area contributed by atoms with Gasteiger partial charge in [-0.15, -0.1) is 0 Å². The van der Waals surface area contributed by atoms with E-state index in [0.717, 1.165) is 25.3 Å². The van der Waals surface area contributed by atoms with E-state index in [9.17, 15) is 0 Å². The Morgan fingerprint density at radius 1 is 0.808 bits per heavy atom. The summed E-state index contributed by atoms with van der Waals surface area (Å²) in [7, 11) is 1.72. The van der Waals surface area contributed by atoms with Crippen molar-refractivity contribution in [1.82, 2.24) is 5.32 Å². The van der Waals surface area contributed by atoms with Gasteiger partial charge in [0.1, 0.15) is 5.75 Å². The van der Waals surface area contributed by atoms with Crippen LogP contribution in [0, 0.1) is 0 Å². The van der Waals surface area contributed by atoms with Gasteiger partial charge in [0, 0.05) is 6.54 Å². The molecule has 3 aromatic carbocycles. The van der Waals surface area contributed by atoms with Gasteiger partial charge < -0.3 is 10.1 Å². The monoisotopic (exact) mass is 343 g/mol. The number of hydrogen-bond acceptors (Lipinski definition) is 2. The van der Waals surface area contributed by atoms with Gasteiger partial charge in [-0.3, -0.25) is 0 Å². The molecule has 0 aliphatic rings. The third-order valence-corrected chi connectivity index (χ3v) is 4.38. The van der Waals surface area contributed by atoms with Crippen LogP contribution < -0.4 is 10.1 Å². The predicted octanol–water partition coefficient (Wildman–Crippen LogP) is 4.96. The molecule has 0 radical (unpaired) electrons. The summed E-state index contributed by atoms with van der Waals surface area (Å²) in [6.07, 6.45) is 3.22. The molecule has 2 heteroatoms. The van der Waals surface area contributed by atoms with Crippen molar-refractivity contribution < 1.29 is 4.74 Å². The van der Waals surface area contributed by atoms with E-state index < -0.39 is 0 Å². The molecule has 0 fully saturated rings. The van der Waals surface area contributed by atoms with Crippen molar-refractivity contribution in [3.63, 3.8) is 0 Å². The van der Waals surface area contributed by atoms with Crippen molar-refractivity contribution in [1.29, 1.82) is 0 Å². The lowest BCUT2D eigenvalue weighted by atomic mass is 9.97. The first-order valence-corrected chi connectivity index (χ1v) is 9.02. The van der Waals surface area contributed by atoms with Crippen molar-refractivity contribution in [3.8, 4) is 5.75 Å². The van der Waals surface area contributed by atoms with Crippen molar-refractivity contribution in [3.05, 3.63) is 108 Å². The van der Waals surface area contributed by atoms with Crippen LogP contribution in [0.2, 0.25) is 0 Å². The molecule has 2 nitrogen and oxygen atoms in total. The molecule has 0 atom stereocenters. The number of rotatable bonds is 8. The first-order chi connectivity index (χ1) is 12.9. The number of nitrogens with one attached hydrogen (secondary N) is 1. The molecule has 0 aliphatic heterocycles. The topological polar surface area (TPSA) is 21.3 Å². The van der Waals surface area contributed by atoms with Crippen molar-refractivity contribution in [2.24, 2.45) is 0 Å². The fraction of sp³-hybridized carbons (Fsp3) is 0.167. The maximum absolute atomic E-state index is 5.42. The van der Waals surface area contributed by atoms with Gasteiger partial charge in [0.15, 0.2) is 0 Å². The van der Waals surface area contributed by atoms with Crippen LogP contribution in [0.15, 0.2) is 91.0 Å². The van der Waals surface area contributed by atoms with E-state index in [-0.39, 0.29) is 0 Å². The van der Waals surface area contributed by atoms with Crippen molar-refractivity contribution >= 4 is 5.57 Å². The molecule has 0 amide bonds. The Hall–Kier alpha value is -2.84. The Morgan fingerprint density at radius 2 is 1.38 bits per heavy atom. The van der Waals surface area contributed by atoms with Gasteiger partial charge in [0.2, 0.25) is 0 Å². The molecule has 0 aromatic heterocycles. The normalized spacial score (nSPS) is 10.3. The average Bonchev–Trinajstić information content (AvgIpc) is 2.72. The summed E-state index contributed by atoms with van der Waals surface area (Å²) in [5, 5.41) is 3.52. The first kappa shape index (κ1) is 18.0. The third kappa shape index (κ3) is 4.84. The average molecular weight is 343 g/mol. The Labute approximate surface area is 156 Å². The highest BCUT2D eigenvalue weighted by molar-refractivity contribution is 5.79. The van der Waals surface area contributed by atoms with E-state index in [2.05, 4.69) is 84.2 Å². The summed E-state index contributed by atoms with van der Waals surface area (Å²) < 4.78 is 5.42. The van der Waals surface area contributed by atoms with Crippen LogP contribution in [0.5, 0.6) is 5.75 Å². The maximum atomic E-state index is 5.42. The molecular formula is C24H25NO. The van der Waals surface area contributed by atoms with E-state index in [1.54, 1.807) is 7.11 Å². The standard InChI is InChI=1S/C24H25NO/c1-26-24-15-9-8-14-22(24)16-18-25-19-17-23(20-10-4-2-5-11-20)21-12-6-3-7-13-21/h2-15,17,25H,16,18-19H2,1H3. The van der Waals surface area contributed by atoms with Gasteiger partial charge in [0.05, 0.1) is 7.11 Å². The highest BCUT2D eigenvalue weighted by Crippen LogP contribution is 2.22. The number of hydrogen-bond donors (Lipinski definition) is 1.